The van der Waals surface area contributed by atoms with E-state index in [1.165, 1.54) is 0 Å². The molecule has 1 radical (unpaired) electrons. The minimum absolute atomic E-state index is 0.344. The van der Waals surface area contributed by atoms with Crippen LogP contribution in [0.4, 0.5) is 0 Å². The van der Waals surface area contributed by atoms with Crippen LogP contribution in [0.2, 0.25) is 0 Å². The van der Waals surface area contributed by atoms with Crippen molar-refractivity contribution in [2.45, 2.75) is 19.4 Å². The maximum atomic E-state index is 10.4. The summed E-state index contributed by atoms with van der Waals surface area (Å²) in [5.41, 5.74) is 0. The first-order chi connectivity index (χ1) is 3.31. The van der Waals surface area contributed by atoms with Crippen molar-refractivity contribution in [1.82, 2.24) is 0 Å². The molecule has 43 valence electrons. The van der Waals surface area contributed by atoms with Gasteiger partial charge in [-0.1, -0.05) is 6.92 Å². The summed E-state index contributed by atoms with van der Waals surface area (Å²) in [5, 5.41) is 10.4. The average Bonchev–Trinajstić information content (AvgIpc) is 1.68. The van der Waals surface area contributed by atoms with Gasteiger partial charge in [-0.15, -0.1) is 0 Å². The Morgan fingerprint density at radius 2 is 2.29 bits per heavy atom. The molecule has 7 heavy (non-hydrogen) atoms. The average molecular weight is 103 g/mol. The van der Waals surface area contributed by atoms with E-state index in [4.69, 9.17) is 0 Å². The topological polar surface area (TPSA) is 29.1 Å². The molecule has 0 amide bonds. The van der Waals surface area contributed by atoms with Crippen molar-refractivity contribution in [2.24, 2.45) is 0 Å². The first-order valence-electron chi connectivity index (χ1n) is 2.46. The van der Waals surface area contributed by atoms with Crippen LogP contribution in [-0.2, 0) is 9.84 Å². The highest BCUT2D eigenvalue weighted by molar-refractivity contribution is 4.45. The molecule has 1 atom stereocenters. The van der Waals surface area contributed by atoms with Crippen molar-refractivity contribution in [2.75, 3.05) is 13.7 Å². The van der Waals surface area contributed by atoms with Crippen molar-refractivity contribution in [3.63, 3.8) is 0 Å². The van der Waals surface area contributed by atoms with Crippen LogP contribution in [0.25, 0.3) is 0 Å². The van der Waals surface area contributed by atoms with Crippen LogP contribution in [0.5, 0.6) is 0 Å². The van der Waals surface area contributed by atoms with Crippen LogP contribution in [0, 0.1) is 0 Å². The Kier molecular flexibility index (Phi) is 4.04. The third-order valence-electron chi connectivity index (χ3n) is 0.808. The fourth-order valence-electron chi connectivity index (χ4n) is 0.304. The molecule has 0 bridgehead atoms. The largest absolute Gasteiger partial charge is 0.382 e. The van der Waals surface area contributed by atoms with Gasteiger partial charge in [0.05, 0.1) is 6.61 Å². The third kappa shape index (κ3) is 3.76. The monoisotopic (exact) mass is 103 g/mol. The molecule has 0 rings (SSSR count). The highest BCUT2D eigenvalue weighted by atomic mass is 16.5. The lowest BCUT2D eigenvalue weighted by molar-refractivity contribution is 0.0137. The fraction of sp³-hybridized carbons (Fsp3) is 1.00. The van der Waals surface area contributed by atoms with Crippen LogP contribution in [0.1, 0.15) is 13.3 Å². The highest BCUT2D eigenvalue weighted by Crippen LogP contribution is 1.88. The predicted octanol–water partition coefficient (Wildman–Crippen LogP) is 0.842. The van der Waals surface area contributed by atoms with E-state index in [2.05, 4.69) is 4.74 Å². The van der Waals surface area contributed by atoms with Gasteiger partial charge in [0.25, 0.3) is 0 Å². The first-order valence-corrected chi connectivity index (χ1v) is 2.46. The van der Waals surface area contributed by atoms with E-state index in [0.717, 1.165) is 0 Å². The molecule has 2 heteroatoms. The molecule has 0 aliphatic heterocycles. The van der Waals surface area contributed by atoms with Crippen LogP contribution >= 0.6 is 0 Å². The lowest BCUT2D eigenvalue weighted by atomic mass is 10.3. The Morgan fingerprint density at radius 3 is 2.43 bits per heavy atom. The Hall–Kier alpha value is -0.0800. The zero-order valence-corrected chi connectivity index (χ0v) is 4.81. The van der Waals surface area contributed by atoms with E-state index in [-0.39, 0.29) is 0 Å². The van der Waals surface area contributed by atoms with E-state index in [9.17, 15) is 5.11 Å². The van der Waals surface area contributed by atoms with Gasteiger partial charge in [-0.3, -0.25) is 0 Å². The highest BCUT2D eigenvalue weighted by Gasteiger charge is 1.98. The van der Waals surface area contributed by atoms with Crippen molar-refractivity contribution < 1.29 is 9.84 Å². The molecule has 0 spiro atoms. The summed E-state index contributed by atoms with van der Waals surface area (Å²) in [6.45, 7) is 2.20. The zero-order chi connectivity index (χ0) is 5.70. The van der Waals surface area contributed by atoms with E-state index >= 15 is 0 Å². The smallest absolute Gasteiger partial charge is 0.116 e. The van der Waals surface area contributed by atoms with Crippen LogP contribution in [-0.4, -0.2) is 19.8 Å². The van der Waals surface area contributed by atoms with Crippen LogP contribution in [0.15, 0.2) is 0 Å². The second-order valence-corrected chi connectivity index (χ2v) is 1.49. The fourth-order valence-corrected chi connectivity index (χ4v) is 0.304. The summed E-state index contributed by atoms with van der Waals surface area (Å²) in [6, 6.07) is 0. The van der Waals surface area contributed by atoms with Gasteiger partial charge in [0, 0.05) is 7.11 Å². The van der Waals surface area contributed by atoms with Crippen molar-refractivity contribution in [3.8, 4) is 0 Å². The lowest BCUT2D eigenvalue weighted by Crippen LogP contribution is -2.09. The second-order valence-electron chi connectivity index (χ2n) is 1.49. The molecule has 0 saturated carbocycles. The van der Waals surface area contributed by atoms with E-state index in [1.807, 2.05) is 6.92 Å². The molecule has 0 N–H and O–H groups in total. The van der Waals surface area contributed by atoms with Gasteiger partial charge in [-0.25, -0.2) is 5.11 Å². The molecule has 2 nitrogen and oxygen atoms in total. The molecule has 0 aliphatic carbocycles. The predicted molar refractivity (Wildman–Crippen MR) is 26.6 cm³/mol. The van der Waals surface area contributed by atoms with Crippen molar-refractivity contribution in [1.29, 1.82) is 0 Å². The van der Waals surface area contributed by atoms with Crippen LogP contribution in [0.3, 0.4) is 0 Å². The van der Waals surface area contributed by atoms with Gasteiger partial charge >= 0.3 is 0 Å². The molecule has 0 saturated heterocycles. The van der Waals surface area contributed by atoms with Gasteiger partial charge in [0.1, 0.15) is 6.10 Å². The summed E-state index contributed by atoms with van der Waals surface area (Å²) in [7, 11) is 1.54. The second kappa shape index (κ2) is 4.09. The maximum Gasteiger partial charge on any atom is 0.116 e. The van der Waals surface area contributed by atoms with E-state index in [0.29, 0.717) is 13.0 Å². The van der Waals surface area contributed by atoms with Gasteiger partial charge in [-0.2, -0.15) is 0 Å². The van der Waals surface area contributed by atoms with Gasteiger partial charge < -0.3 is 4.74 Å². The summed E-state index contributed by atoms with van der Waals surface area (Å²) in [4.78, 5) is 0. The molecular weight excluding hydrogens is 92.1 g/mol. The summed E-state index contributed by atoms with van der Waals surface area (Å²) in [5.74, 6) is 0. The van der Waals surface area contributed by atoms with Crippen molar-refractivity contribution >= 4 is 0 Å². The molecule has 1 unspecified atom stereocenters. The molecule has 0 fully saturated rings. The maximum absolute atomic E-state index is 10.4. The first kappa shape index (κ1) is 6.92. The quantitative estimate of drug-likeness (QED) is 0.520. The minimum atomic E-state index is -0.523. The van der Waals surface area contributed by atoms with Crippen molar-refractivity contribution in [3.05, 3.63) is 0 Å². The number of rotatable bonds is 3. The number of ether oxygens (including phenoxy) is 1. The number of hydrogen-bond donors (Lipinski definition) is 0. The molecular formula is C5H11O2. The zero-order valence-electron chi connectivity index (χ0n) is 4.81. The van der Waals surface area contributed by atoms with E-state index < -0.39 is 6.10 Å². The molecule has 0 aromatic heterocycles. The SMILES string of the molecule is CCC([O])COC. The lowest BCUT2D eigenvalue weighted by Gasteiger charge is -1.99. The van der Waals surface area contributed by atoms with E-state index in [1.54, 1.807) is 7.11 Å². The van der Waals surface area contributed by atoms with Gasteiger partial charge in [-0.05, 0) is 6.42 Å². The Morgan fingerprint density at radius 1 is 1.71 bits per heavy atom. The normalized spacial score (nSPS) is 14.1. The Bertz CT molecular complexity index is 37.1. The minimum Gasteiger partial charge on any atom is -0.382 e. The molecule has 0 aliphatic rings. The number of methoxy groups -OCH3 is 1. The third-order valence-corrected chi connectivity index (χ3v) is 0.808. The number of hydrogen-bond acceptors (Lipinski definition) is 1. The summed E-state index contributed by atoms with van der Waals surface area (Å²) in [6.07, 6.45) is 0.137. The van der Waals surface area contributed by atoms with Crippen LogP contribution < -0.4 is 0 Å². The molecule has 0 heterocycles. The summed E-state index contributed by atoms with van der Waals surface area (Å²) >= 11 is 0. The van der Waals surface area contributed by atoms with Gasteiger partial charge in [0.15, 0.2) is 0 Å². The molecule has 0 aromatic rings. The molecule has 0 aromatic carbocycles. The van der Waals surface area contributed by atoms with Gasteiger partial charge in [0.2, 0.25) is 0 Å². The standard InChI is InChI=1S/C5H11O2/c1-3-5(6)4-7-2/h5H,3-4H2,1-2H3. The summed E-state index contributed by atoms with van der Waals surface area (Å²) < 4.78 is 4.58. The Balaban J connectivity index is 2.83. The Labute approximate surface area is 44.1 Å².